The van der Waals surface area contributed by atoms with Gasteiger partial charge in [-0.25, -0.2) is 0 Å². The molecule has 2 heterocycles. The van der Waals surface area contributed by atoms with Crippen LogP contribution < -0.4 is 5.32 Å². The number of nitrogens with zero attached hydrogens (tertiary/aromatic N) is 4. The van der Waals surface area contributed by atoms with Crippen molar-refractivity contribution in [1.82, 2.24) is 25.0 Å². The molecule has 0 bridgehead atoms. The second-order valence-electron chi connectivity index (χ2n) is 4.41. The summed E-state index contributed by atoms with van der Waals surface area (Å²) in [4.78, 5) is 13.7. The quantitative estimate of drug-likeness (QED) is 0.738. The summed E-state index contributed by atoms with van der Waals surface area (Å²) in [6.07, 6.45) is 4.14. The van der Waals surface area contributed by atoms with E-state index in [1.165, 1.54) is 12.8 Å². The summed E-state index contributed by atoms with van der Waals surface area (Å²) in [6, 6.07) is 0.581. The van der Waals surface area contributed by atoms with Crippen molar-refractivity contribution in [1.29, 1.82) is 0 Å². The molecule has 1 aromatic heterocycles. The molecule has 0 radical (unpaired) electrons. The largest absolute Gasteiger partial charge is 0.332 e. The Bertz CT molecular complexity index is 398. The number of carbonyl (C=O) groups excluding carboxylic acids is 1. The number of hydrogen-bond acceptors (Lipinski definition) is 4. The van der Waals surface area contributed by atoms with Crippen LogP contribution in [0.25, 0.3) is 0 Å². The highest BCUT2D eigenvalue weighted by atomic mass is 16.2. The lowest BCUT2D eigenvalue weighted by Crippen LogP contribution is -2.43. The number of fused-ring (bicyclic) bond motifs is 1. The number of rotatable bonds is 3. The Morgan fingerprint density at radius 1 is 1.50 bits per heavy atom. The van der Waals surface area contributed by atoms with Crippen molar-refractivity contribution in [3.05, 3.63) is 12.2 Å². The van der Waals surface area contributed by atoms with Gasteiger partial charge in [0.25, 0.3) is 0 Å². The van der Waals surface area contributed by atoms with E-state index in [9.17, 15) is 4.79 Å². The Morgan fingerprint density at radius 3 is 3.19 bits per heavy atom. The fourth-order valence-electron chi connectivity index (χ4n) is 1.91. The normalized spacial score (nSPS) is 19.6. The Morgan fingerprint density at radius 2 is 2.38 bits per heavy atom. The van der Waals surface area contributed by atoms with Crippen molar-refractivity contribution in [2.24, 2.45) is 0 Å². The minimum atomic E-state index is 0.168. The molecule has 6 heteroatoms. The van der Waals surface area contributed by atoms with E-state index >= 15 is 0 Å². The smallest absolute Gasteiger partial charge is 0.237 e. The minimum absolute atomic E-state index is 0.168. The minimum Gasteiger partial charge on any atom is -0.332 e. The zero-order chi connectivity index (χ0) is 11.0. The fourth-order valence-corrected chi connectivity index (χ4v) is 1.91. The number of hydrogen-bond donors (Lipinski definition) is 1. The van der Waals surface area contributed by atoms with E-state index in [-0.39, 0.29) is 5.91 Å². The third kappa shape index (κ3) is 1.92. The SMILES string of the molecule is O=C(CNC1CC1)N1CCn2cnnc2C1. The third-order valence-corrected chi connectivity index (χ3v) is 3.11. The van der Waals surface area contributed by atoms with E-state index in [0.717, 1.165) is 18.9 Å². The molecule has 6 nitrogen and oxygen atoms in total. The Kier molecular flexibility index (Phi) is 2.36. The number of amides is 1. The van der Waals surface area contributed by atoms with Gasteiger partial charge in [0.1, 0.15) is 6.33 Å². The van der Waals surface area contributed by atoms with Gasteiger partial charge < -0.3 is 14.8 Å². The van der Waals surface area contributed by atoms with Crippen LogP contribution in [-0.2, 0) is 17.9 Å². The van der Waals surface area contributed by atoms with Gasteiger partial charge in [-0.3, -0.25) is 4.79 Å². The van der Waals surface area contributed by atoms with Gasteiger partial charge >= 0.3 is 0 Å². The van der Waals surface area contributed by atoms with Crippen molar-refractivity contribution < 1.29 is 4.79 Å². The first-order chi connectivity index (χ1) is 7.83. The molecule has 2 aliphatic rings. The van der Waals surface area contributed by atoms with Gasteiger partial charge in [-0.05, 0) is 12.8 Å². The lowest BCUT2D eigenvalue weighted by Gasteiger charge is -2.27. The van der Waals surface area contributed by atoms with Crippen LogP contribution in [0.4, 0.5) is 0 Å². The lowest BCUT2D eigenvalue weighted by atomic mass is 10.3. The maximum absolute atomic E-state index is 11.9. The predicted octanol–water partition coefficient (Wildman–Crippen LogP) is -0.628. The summed E-state index contributed by atoms with van der Waals surface area (Å²) < 4.78 is 2.00. The van der Waals surface area contributed by atoms with Gasteiger partial charge in [0.05, 0.1) is 13.1 Å². The van der Waals surface area contributed by atoms with E-state index in [2.05, 4.69) is 15.5 Å². The maximum atomic E-state index is 11.9. The third-order valence-electron chi connectivity index (χ3n) is 3.11. The number of carbonyl (C=O) groups is 1. The van der Waals surface area contributed by atoms with Crippen molar-refractivity contribution in [3.63, 3.8) is 0 Å². The Hall–Kier alpha value is -1.43. The van der Waals surface area contributed by atoms with Gasteiger partial charge in [0.2, 0.25) is 5.91 Å². The maximum Gasteiger partial charge on any atom is 0.237 e. The van der Waals surface area contributed by atoms with E-state index < -0.39 is 0 Å². The highest BCUT2D eigenvalue weighted by Gasteiger charge is 2.25. The van der Waals surface area contributed by atoms with Crippen molar-refractivity contribution in [3.8, 4) is 0 Å². The van der Waals surface area contributed by atoms with Crippen molar-refractivity contribution in [2.45, 2.75) is 32.0 Å². The van der Waals surface area contributed by atoms with E-state index in [0.29, 0.717) is 19.1 Å². The number of aromatic nitrogens is 3. The summed E-state index contributed by atoms with van der Waals surface area (Å²) in [5.41, 5.74) is 0. The summed E-state index contributed by atoms with van der Waals surface area (Å²) >= 11 is 0. The summed E-state index contributed by atoms with van der Waals surface area (Å²) in [7, 11) is 0. The van der Waals surface area contributed by atoms with Crippen LogP contribution in [0.3, 0.4) is 0 Å². The van der Waals surface area contributed by atoms with Crippen molar-refractivity contribution >= 4 is 5.91 Å². The van der Waals surface area contributed by atoms with Gasteiger partial charge in [0.15, 0.2) is 5.82 Å². The van der Waals surface area contributed by atoms with Gasteiger partial charge in [0, 0.05) is 19.1 Å². The molecule has 1 amide bonds. The highest BCUT2D eigenvalue weighted by Crippen LogP contribution is 2.18. The Labute approximate surface area is 93.6 Å². The lowest BCUT2D eigenvalue weighted by molar-refractivity contribution is -0.131. The molecule has 1 aliphatic carbocycles. The topological polar surface area (TPSA) is 63.1 Å². The zero-order valence-electron chi connectivity index (χ0n) is 9.09. The highest BCUT2D eigenvalue weighted by molar-refractivity contribution is 5.78. The van der Waals surface area contributed by atoms with Crippen LogP contribution in [0.15, 0.2) is 6.33 Å². The molecule has 1 fully saturated rings. The van der Waals surface area contributed by atoms with Crippen molar-refractivity contribution in [2.75, 3.05) is 13.1 Å². The monoisotopic (exact) mass is 221 g/mol. The molecule has 1 saturated carbocycles. The standard InChI is InChI=1S/C10H15N5O/c16-10(5-11-8-1-2-8)14-3-4-15-7-12-13-9(15)6-14/h7-8,11H,1-6H2. The Balaban J connectivity index is 1.57. The molecule has 16 heavy (non-hydrogen) atoms. The average molecular weight is 221 g/mol. The first kappa shape index (κ1) is 9.77. The second kappa shape index (κ2) is 3.86. The molecule has 1 N–H and O–H groups in total. The van der Waals surface area contributed by atoms with Gasteiger partial charge in [-0.1, -0.05) is 0 Å². The first-order valence-electron chi connectivity index (χ1n) is 5.71. The van der Waals surface area contributed by atoms with Crippen LogP contribution in [0, 0.1) is 0 Å². The fraction of sp³-hybridized carbons (Fsp3) is 0.700. The predicted molar refractivity (Wildman–Crippen MR) is 56.5 cm³/mol. The van der Waals surface area contributed by atoms with Gasteiger partial charge in [-0.15, -0.1) is 10.2 Å². The molecule has 86 valence electrons. The van der Waals surface area contributed by atoms with Gasteiger partial charge in [-0.2, -0.15) is 0 Å². The van der Waals surface area contributed by atoms with Crippen LogP contribution in [0.2, 0.25) is 0 Å². The second-order valence-corrected chi connectivity index (χ2v) is 4.41. The summed E-state index contributed by atoms with van der Waals surface area (Å²) in [5.74, 6) is 1.05. The molecular weight excluding hydrogens is 206 g/mol. The summed E-state index contributed by atoms with van der Waals surface area (Å²) in [5, 5.41) is 11.1. The molecule has 3 rings (SSSR count). The van der Waals surface area contributed by atoms with E-state index in [4.69, 9.17) is 0 Å². The number of nitrogens with one attached hydrogen (secondary N) is 1. The molecular formula is C10H15N5O. The van der Waals surface area contributed by atoms with Crippen LogP contribution in [0.5, 0.6) is 0 Å². The van der Waals surface area contributed by atoms with Crippen LogP contribution in [0.1, 0.15) is 18.7 Å². The van der Waals surface area contributed by atoms with E-state index in [1.54, 1.807) is 6.33 Å². The molecule has 1 aliphatic heterocycles. The molecule has 0 aromatic carbocycles. The first-order valence-corrected chi connectivity index (χ1v) is 5.71. The zero-order valence-corrected chi connectivity index (χ0v) is 9.09. The summed E-state index contributed by atoms with van der Waals surface area (Å²) in [6.45, 7) is 2.61. The average Bonchev–Trinajstić information content (AvgIpc) is 3.01. The molecule has 0 atom stereocenters. The van der Waals surface area contributed by atoms with E-state index in [1.807, 2.05) is 9.47 Å². The van der Waals surface area contributed by atoms with Crippen LogP contribution in [-0.4, -0.2) is 44.7 Å². The van der Waals surface area contributed by atoms with Crippen LogP contribution >= 0.6 is 0 Å². The molecule has 0 saturated heterocycles. The molecule has 0 unspecified atom stereocenters. The molecule has 0 spiro atoms. The molecule has 1 aromatic rings.